The highest BCUT2D eigenvalue weighted by molar-refractivity contribution is 7.16. The summed E-state index contributed by atoms with van der Waals surface area (Å²) in [6.45, 7) is 1.85. The SMILES string of the molecule is Cc1ccccc1N1C(=O)c2ccc(C(=O)Nc3nc4c(s3)CCC4)cc2C1=O. The van der Waals surface area contributed by atoms with Gasteiger partial charge in [0.1, 0.15) is 0 Å². The van der Waals surface area contributed by atoms with Crippen LogP contribution in [0.1, 0.15) is 53.6 Å². The van der Waals surface area contributed by atoms with E-state index in [9.17, 15) is 14.4 Å². The van der Waals surface area contributed by atoms with Crippen LogP contribution in [0.25, 0.3) is 0 Å². The Labute approximate surface area is 171 Å². The quantitative estimate of drug-likeness (QED) is 0.671. The molecule has 7 heteroatoms. The second-order valence-corrected chi connectivity index (χ2v) is 8.27. The molecule has 2 aliphatic rings. The molecule has 0 atom stereocenters. The summed E-state index contributed by atoms with van der Waals surface area (Å²) in [4.78, 5) is 45.3. The molecule has 5 rings (SSSR count). The van der Waals surface area contributed by atoms with Crippen molar-refractivity contribution in [2.75, 3.05) is 10.2 Å². The lowest BCUT2D eigenvalue weighted by Crippen LogP contribution is -2.29. The van der Waals surface area contributed by atoms with Gasteiger partial charge in [0, 0.05) is 10.4 Å². The smallest absolute Gasteiger partial charge is 0.266 e. The fourth-order valence-corrected chi connectivity index (χ4v) is 4.87. The molecular weight excluding hydrogens is 386 g/mol. The van der Waals surface area contributed by atoms with Crippen molar-refractivity contribution in [3.05, 3.63) is 75.3 Å². The second kappa shape index (κ2) is 6.63. The number of aryl methyl sites for hydroxylation is 3. The molecule has 29 heavy (non-hydrogen) atoms. The van der Waals surface area contributed by atoms with E-state index in [2.05, 4.69) is 10.3 Å². The van der Waals surface area contributed by atoms with Crippen molar-refractivity contribution in [2.45, 2.75) is 26.2 Å². The number of benzene rings is 2. The van der Waals surface area contributed by atoms with Crippen LogP contribution in [-0.4, -0.2) is 22.7 Å². The van der Waals surface area contributed by atoms with Gasteiger partial charge >= 0.3 is 0 Å². The van der Waals surface area contributed by atoms with Gasteiger partial charge in [-0.25, -0.2) is 9.88 Å². The fourth-order valence-electron chi connectivity index (χ4n) is 3.83. The van der Waals surface area contributed by atoms with Gasteiger partial charge in [-0.05, 0) is 56.0 Å². The number of imide groups is 1. The molecule has 2 aromatic carbocycles. The lowest BCUT2D eigenvalue weighted by molar-refractivity contribution is 0.0925. The van der Waals surface area contributed by atoms with Gasteiger partial charge in [0.05, 0.1) is 22.5 Å². The molecule has 1 aliphatic carbocycles. The summed E-state index contributed by atoms with van der Waals surface area (Å²) in [6, 6.07) is 11.8. The summed E-state index contributed by atoms with van der Waals surface area (Å²) in [7, 11) is 0. The molecule has 0 radical (unpaired) electrons. The number of thiazole rings is 1. The zero-order valence-corrected chi connectivity index (χ0v) is 16.5. The van der Waals surface area contributed by atoms with Gasteiger partial charge in [-0.15, -0.1) is 11.3 Å². The molecule has 6 nitrogen and oxygen atoms in total. The predicted molar refractivity (Wildman–Crippen MR) is 111 cm³/mol. The summed E-state index contributed by atoms with van der Waals surface area (Å²) in [5.74, 6) is -1.13. The molecule has 0 unspecified atom stereocenters. The molecule has 1 N–H and O–H groups in total. The van der Waals surface area contributed by atoms with Gasteiger partial charge < -0.3 is 0 Å². The number of carbonyl (C=O) groups is 3. The summed E-state index contributed by atoms with van der Waals surface area (Å²) >= 11 is 1.50. The second-order valence-electron chi connectivity index (χ2n) is 7.19. The molecule has 1 aromatic heterocycles. The fraction of sp³-hybridized carbons (Fsp3) is 0.182. The van der Waals surface area contributed by atoms with E-state index in [1.165, 1.54) is 27.2 Å². The molecule has 0 saturated carbocycles. The van der Waals surface area contributed by atoms with E-state index in [0.29, 0.717) is 21.9 Å². The third kappa shape index (κ3) is 2.86. The zero-order chi connectivity index (χ0) is 20.1. The Kier molecular flexibility index (Phi) is 4.06. The molecule has 0 fully saturated rings. The molecule has 3 aromatic rings. The molecule has 0 spiro atoms. The first kappa shape index (κ1) is 17.8. The van der Waals surface area contributed by atoms with Gasteiger partial charge in [0.15, 0.2) is 5.13 Å². The van der Waals surface area contributed by atoms with E-state index >= 15 is 0 Å². The molecule has 144 valence electrons. The summed E-state index contributed by atoms with van der Waals surface area (Å²) in [6.07, 6.45) is 3.07. The standard InChI is InChI=1S/C22H17N3O3S/c1-12-5-2-3-7-17(12)25-20(27)14-10-9-13(11-15(14)21(25)28)19(26)24-22-23-16-6-4-8-18(16)29-22/h2-3,5,7,9-11H,4,6,8H2,1H3,(H,23,24,26). The Morgan fingerprint density at radius 3 is 2.66 bits per heavy atom. The highest BCUT2D eigenvalue weighted by Crippen LogP contribution is 2.32. The molecule has 1 aliphatic heterocycles. The number of anilines is 2. The maximum Gasteiger partial charge on any atom is 0.266 e. The Bertz CT molecular complexity index is 1180. The zero-order valence-electron chi connectivity index (χ0n) is 15.7. The van der Waals surface area contributed by atoms with Crippen molar-refractivity contribution in [3.63, 3.8) is 0 Å². The van der Waals surface area contributed by atoms with Crippen molar-refractivity contribution in [2.24, 2.45) is 0 Å². The van der Waals surface area contributed by atoms with E-state index in [1.54, 1.807) is 24.3 Å². The van der Waals surface area contributed by atoms with Crippen LogP contribution in [-0.2, 0) is 12.8 Å². The molecule has 0 saturated heterocycles. The average Bonchev–Trinajstić information content (AvgIpc) is 3.36. The van der Waals surface area contributed by atoms with Crippen molar-refractivity contribution in [1.29, 1.82) is 0 Å². The molecule has 0 bridgehead atoms. The van der Waals surface area contributed by atoms with Crippen molar-refractivity contribution in [3.8, 4) is 0 Å². The van der Waals surface area contributed by atoms with Gasteiger partial charge in [-0.2, -0.15) is 0 Å². The van der Waals surface area contributed by atoms with Crippen molar-refractivity contribution < 1.29 is 14.4 Å². The number of nitrogens with zero attached hydrogens (tertiary/aromatic N) is 2. The van der Waals surface area contributed by atoms with Crippen LogP contribution >= 0.6 is 11.3 Å². The first-order valence-corrected chi connectivity index (χ1v) is 10.2. The monoisotopic (exact) mass is 403 g/mol. The van der Waals surface area contributed by atoms with Gasteiger partial charge in [0.25, 0.3) is 17.7 Å². The summed E-state index contributed by atoms with van der Waals surface area (Å²) in [5.41, 5.74) is 3.33. The third-order valence-electron chi connectivity index (χ3n) is 5.32. The van der Waals surface area contributed by atoms with Crippen molar-refractivity contribution >= 4 is 39.9 Å². The molecule has 2 heterocycles. The van der Waals surface area contributed by atoms with Crippen molar-refractivity contribution in [1.82, 2.24) is 4.98 Å². The first-order valence-electron chi connectivity index (χ1n) is 9.41. The lowest BCUT2D eigenvalue weighted by atomic mass is 10.1. The number of hydrogen-bond donors (Lipinski definition) is 1. The van der Waals surface area contributed by atoms with Crippen LogP contribution in [0.15, 0.2) is 42.5 Å². The highest BCUT2D eigenvalue weighted by Gasteiger charge is 2.37. The van der Waals surface area contributed by atoms with E-state index < -0.39 is 5.91 Å². The lowest BCUT2D eigenvalue weighted by Gasteiger charge is -2.16. The maximum atomic E-state index is 13.0. The Hall–Kier alpha value is -3.32. The maximum absolute atomic E-state index is 13.0. The third-order valence-corrected chi connectivity index (χ3v) is 6.39. The summed E-state index contributed by atoms with van der Waals surface area (Å²) in [5, 5.41) is 3.39. The molecule has 3 amide bonds. The average molecular weight is 403 g/mol. The van der Waals surface area contributed by atoms with E-state index in [0.717, 1.165) is 30.5 Å². The number of rotatable bonds is 3. The number of amides is 3. The number of carbonyl (C=O) groups excluding carboxylic acids is 3. The minimum atomic E-state index is -0.415. The minimum Gasteiger partial charge on any atom is -0.298 e. The van der Waals surface area contributed by atoms with Crippen LogP contribution in [0.2, 0.25) is 0 Å². The Morgan fingerprint density at radius 1 is 1.07 bits per heavy atom. The van der Waals surface area contributed by atoms with E-state index in [1.807, 2.05) is 19.1 Å². The predicted octanol–water partition coefficient (Wildman–Crippen LogP) is 3.99. The van der Waals surface area contributed by atoms with Gasteiger partial charge in [-0.1, -0.05) is 18.2 Å². The normalized spacial score (nSPS) is 14.9. The van der Waals surface area contributed by atoms with Crippen LogP contribution in [0.5, 0.6) is 0 Å². The minimum absolute atomic E-state index is 0.243. The summed E-state index contributed by atoms with van der Waals surface area (Å²) < 4.78 is 0. The Morgan fingerprint density at radius 2 is 1.86 bits per heavy atom. The number of aromatic nitrogens is 1. The van der Waals surface area contributed by atoms with Gasteiger partial charge in [0.2, 0.25) is 0 Å². The molecular formula is C22H17N3O3S. The number of fused-ring (bicyclic) bond motifs is 2. The van der Waals surface area contributed by atoms with E-state index in [-0.39, 0.29) is 17.4 Å². The largest absolute Gasteiger partial charge is 0.298 e. The van der Waals surface area contributed by atoms with E-state index in [4.69, 9.17) is 0 Å². The highest BCUT2D eigenvalue weighted by atomic mass is 32.1. The Balaban J connectivity index is 1.43. The topological polar surface area (TPSA) is 79.4 Å². The van der Waals surface area contributed by atoms with Crippen LogP contribution in [0.3, 0.4) is 0 Å². The van der Waals surface area contributed by atoms with Gasteiger partial charge in [-0.3, -0.25) is 19.7 Å². The van der Waals surface area contributed by atoms with Crippen LogP contribution in [0.4, 0.5) is 10.8 Å². The number of hydrogen-bond acceptors (Lipinski definition) is 5. The number of para-hydroxylation sites is 1. The first-order chi connectivity index (χ1) is 14.0. The van der Waals surface area contributed by atoms with Crippen LogP contribution in [0, 0.1) is 6.92 Å². The number of nitrogens with one attached hydrogen (secondary N) is 1. The van der Waals surface area contributed by atoms with Crippen LogP contribution < -0.4 is 10.2 Å².